The molecule has 1 aromatic carbocycles. The van der Waals surface area contributed by atoms with Crippen molar-refractivity contribution in [1.82, 2.24) is 0 Å². The number of hydrogen-bond acceptors (Lipinski definition) is 3. The molecule has 0 spiro atoms. The number of benzene rings is 1. The molecular weight excluding hydrogens is 273 g/mol. The van der Waals surface area contributed by atoms with E-state index < -0.39 is 33.3 Å². The summed E-state index contributed by atoms with van der Waals surface area (Å²) < 4.78 is 38.0. The van der Waals surface area contributed by atoms with Gasteiger partial charge < -0.3 is 5.73 Å². The highest BCUT2D eigenvalue weighted by atomic mass is 19.4. The summed E-state index contributed by atoms with van der Waals surface area (Å²) in [5.74, 6) is 0. The number of halogens is 3. The van der Waals surface area contributed by atoms with Gasteiger partial charge in [0, 0.05) is 22.6 Å². The van der Waals surface area contributed by atoms with E-state index in [0.29, 0.717) is 18.9 Å². The number of nitro groups is 1. The van der Waals surface area contributed by atoms with E-state index in [1.165, 1.54) is 6.07 Å². The zero-order chi connectivity index (χ0) is 15.3. The second kappa shape index (κ2) is 4.18. The number of hydrogen-bond donors (Lipinski definition) is 1. The third-order valence-corrected chi connectivity index (χ3v) is 4.23. The Hall–Kier alpha value is -1.63. The molecule has 2 N–H and O–H groups in total. The minimum atomic E-state index is -4.60. The van der Waals surface area contributed by atoms with Crippen molar-refractivity contribution in [1.29, 1.82) is 0 Å². The van der Waals surface area contributed by atoms with Crippen LogP contribution < -0.4 is 5.73 Å². The minimum Gasteiger partial charge on any atom is -0.324 e. The molecule has 0 heterocycles. The topological polar surface area (TPSA) is 69.2 Å². The smallest absolute Gasteiger partial charge is 0.324 e. The van der Waals surface area contributed by atoms with Crippen LogP contribution in [0.5, 0.6) is 0 Å². The molecule has 0 saturated heterocycles. The Kier molecular flexibility index (Phi) is 3.09. The van der Waals surface area contributed by atoms with E-state index in [4.69, 9.17) is 5.73 Å². The zero-order valence-electron chi connectivity index (χ0n) is 11.1. The molecule has 0 atom stereocenters. The lowest BCUT2D eigenvalue weighted by molar-refractivity contribution is -0.386. The maximum Gasteiger partial charge on any atom is 0.416 e. The Bertz CT molecular complexity index is 563. The highest BCUT2D eigenvalue weighted by Crippen LogP contribution is 2.51. The average molecular weight is 288 g/mol. The molecule has 20 heavy (non-hydrogen) atoms. The van der Waals surface area contributed by atoms with Crippen molar-refractivity contribution < 1.29 is 18.1 Å². The molecule has 0 aromatic heterocycles. The van der Waals surface area contributed by atoms with Crippen molar-refractivity contribution in [2.75, 3.05) is 0 Å². The molecule has 2 rings (SSSR count). The summed E-state index contributed by atoms with van der Waals surface area (Å²) in [6, 6.07) is 2.63. The lowest BCUT2D eigenvalue weighted by atomic mass is 9.75. The lowest BCUT2D eigenvalue weighted by Gasteiger charge is -2.32. The number of nitrogens with two attached hydrogens (primary N) is 1. The quantitative estimate of drug-likeness (QED) is 0.684. The third-order valence-electron chi connectivity index (χ3n) is 4.23. The van der Waals surface area contributed by atoms with Crippen molar-refractivity contribution in [2.45, 2.75) is 43.8 Å². The first-order valence-electron chi connectivity index (χ1n) is 6.14. The first-order chi connectivity index (χ1) is 8.99. The predicted molar refractivity (Wildman–Crippen MR) is 67.3 cm³/mol. The van der Waals surface area contributed by atoms with Gasteiger partial charge in [-0.15, -0.1) is 0 Å². The van der Waals surface area contributed by atoms with Gasteiger partial charge in [0.15, 0.2) is 0 Å². The molecule has 0 bridgehead atoms. The summed E-state index contributed by atoms with van der Waals surface area (Å²) in [7, 11) is 0. The summed E-state index contributed by atoms with van der Waals surface area (Å²) >= 11 is 0. The van der Waals surface area contributed by atoms with Gasteiger partial charge in [-0.3, -0.25) is 10.1 Å². The van der Waals surface area contributed by atoms with Crippen LogP contribution in [-0.2, 0) is 11.6 Å². The summed E-state index contributed by atoms with van der Waals surface area (Å²) in [4.78, 5) is 10.3. The van der Waals surface area contributed by atoms with E-state index in [0.717, 1.165) is 6.07 Å². The van der Waals surface area contributed by atoms with E-state index in [1.54, 1.807) is 13.8 Å². The largest absolute Gasteiger partial charge is 0.416 e. The Morgan fingerprint density at radius 3 is 2.25 bits per heavy atom. The predicted octanol–water partition coefficient (Wildman–Crippen LogP) is 3.38. The molecule has 0 unspecified atom stereocenters. The standard InChI is InChI=1S/C13H15F3N2O2/c1-11(2,12(17)5-6-12)9-4-3-8(13(14,15)16)7-10(9)18(19)20/h3-4,7H,5-6,17H2,1-2H3. The molecule has 1 aromatic rings. The Balaban J connectivity index is 2.57. The molecule has 110 valence electrons. The van der Waals surface area contributed by atoms with Gasteiger partial charge in [-0.25, -0.2) is 0 Å². The number of rotatable bonds is 3. The highest BCUT2D eigenvalue weighted by molar-refractivity contribution is 5.50. The van der Waals surface area contributed by atoms with Gasteiger partial charge in [-0.1, -0.05) is 19.9 Å². The molecule has 0 amide bonds. The monoisotopic (exact) mass is 288 g/mol. The van der Waals surface area contributed by atoms with Crippen LogP contribution in [-0.4, -0.2) is 10.5 Å². The van der Waals surface area contributed by atoms with Gasteiger partial charge in [0.25, 0.3) is 5.69 Å². The van der Waals surface area contributed by atoms with Crippen molar-refractivity contribution in [3.8, 4) is 0 Å². The second-order valence-electron chi connectivity index (χ2n) is 5.77. The molecule has 1 saturated carbocycles. The third kappa shape index (κ3) is 2.26. The zero-order valence-corrected chi connectivity index (χ0v) is 11.1. The Morgan fingerprint density at radius 1 is 1.30 bits per heavy atom. The molecule has 1 aliphatic carbocycles. The van der Waals surface area contributed by atoms with E-state index in [1.807, 2.05) is 0 Å². The molecular formula is C13H15F3N2O2. The molecule has 1 aliphatic rings. The fraction of sp³-hybridized carbons (Fsp3) is 0.538. The normalized spacial score (nSPS) is 17.9. The van der Waals surface area contributed by atoms with Gasteiger partial charge in [0.2, 0.25) is 0 Å². The molecule has 1 fully saturated rings. The highest BCUT2D eigenvalue weighted by Gasteiger charge is 2.54. The van der Waals surface area contributed by atoms with Gasteiger partial charge in [-0.2, -0.15) is 13.2 Å². The summed E-state index contributed by atoms with van der Waals surface area (Å²) in [5, 5.41) is 11.1. The van der Waals surface area contributed by atoms with Crippen LogP contribution in [0.2, 0.25) is 0 Å². The van der Waals surface area contributed by atoms with Crippen LogP contribution in [0.25, 0.3) is 0 Å². The summed E-state index contributed by atoms with van der Waals surface area (Å²) in [6.07, 6.45) is -3.19. The van der Waals surface area contributed by atoms with Crippen molar-refractivity contribution >= 4 is 5.69 Å². The Morgan fingerprint density at radius 2 is 1.85 bits per heavy atom. The van der Waals surface area contributed by atoms with E-state index >= 15 is 0 Å². The molecule has 0 aliphatic heterocycles. The van der Waals surface area contributed by atoms with Crippen LogP contribution >= 0.6 is 0 Å². The molecule has 7 heteroatoms. The molecule has 4 nitrogen and oxygen atoms in total. The number of alkyl halides is 3. The summed E-state index contributed by atoms with van der Waals surface area (Å²) in [5.41, 5.74) is 3.47. The van der Waals surface area contributed by atoms with Crippen LogP contribution in [0, 0.1) is 10.1 Å². The number of nitro benzene ring substituents is 1. The van der Waals surface area contributed by atoms with Gasteiger partial charge in [0.1, 0.15) is 0 Å². The SMILES string of the molecule is CC(C)(c1ccc(C(F)(F)F)cc1[N+](=O)[O-])C1(N)CC1. The Labute approximate surface area is 113 Å². The van der Waals surface area contributed by atoms with Gasteiger partial charge in [0.05, 0.1) is 10.5 Å². The van der Waals surface area contributed by atoms with E-state index in [-0.39, 0.29) is 5.56 Å². The van der Waals surface area contributed by atoms with Crippen LogP contribution in [0.4, 0.5) is 18.9 Å². The van der Waals surface area contributed by atoms with Crippen molar-refractivity contribution in [2.24, 2.45) is 5.73 Å². The van der Waals surface area contributed by atoms with Crippen LogP contribution in [0.3, 0.4) is 0 Å². The lowest BCUT2D eigenvalue weighted by Crippen LogP contribution is -2.43. The minimum absolute atomic E-state index is 0.246. The van der Waals surface area contributed by atoms with Crippen LogP contribution in [0.1, 0.15) is 37.8 Å². The van der Waals surface area contributed by atoms with Crippen molar-refractivity contribution in [3.63, 3.8) is 0 Å². The van der Waals surface area contributed by atoms with Gasteiger partial charge >= 0.3 is 6.18 Å². The fourth-order valence-corrected chi connectivity index (χ4v) is 2.42. The fourth-order valence-electron chi connectivity index (χ4n) is 2.42. The van der Waals surface area contributed by atoms with E-state index in [9.17, 15) is 23.3 Å². The maximum absolute atomic E-state index is 12.7. The second-order valence-corrected chi connectivity index (χ2v) is 5.77. The first-order valence-corrected chi connectivity index (χ1v) is 6.14. The van der Waals surface area contributed by atoms with E-state index in [2.05, 4.69) is 0 Å². The number of nitrogens with zero attached hydrogens (tertiary/aromatic N) is 1. The average Bonchev–Trinajstić information content (AvgIpc) is 3.07. The first kappa shape index (κ1) is 14.8. The molecule has 0 radical (unpaired) electrons. The van der Waals surface area contributed by atoms with Crippen LogP contribution in [0.15, 0.2) is 18.2 Å². The van der Waals surface area contributed by atoms with Crippen molar-refractivity contribution in [3.05, 3.63) is 39.4 Å². The van der Waals surface area contributed by atoms with Gasteiger partial charge in [-0.05, 0) is 18.9 Å². The summed E-state index contributed by atoms with van der Waals surface area (Å²) in [6.45, 7) is 3.46. The maximum atomic E-state index is 12.7.